The summed E-state index contributed by atoms with van der Waals surface area (Å²) < 4.78 is 5.79. The Morgan fingerprint density at radius 1 is 1.11 bits per heavy atom. The van der Waals surface area contributed by atoms with Gasteiger partial charge < -0.3 is 15.0 Å². The van der Waals surface area contributed by atoms with Crippen LogP contribution in [0.2, 0.25) is 0 Å². The molecule has 1 aromatic carbocycles. The number of nitrogens with one attached hydrogen (secondary N) is 1. The van der Waals surface area contributed by atoms with Crippen LogP contribution in [0.3, 0.4) is 0 Å². The average Bonchev–Trinajstić information content (AvgIpc) is 2.77. The number of hydrogen-bond acceptors (Lipinski definition) is 4. The van der Waals surface area contributed by atoms with Crippen molar-refractivity contribution in [1.29, 1.82) is 0 Å². The molecule has 2 aliphatic heterocycles. The van der Waals surface area contributed by atoms with Crippen LogP contribution in [0, 0.1) is 11.8 Å². The van der Waals surface area contributed by atoms with E-state index in [9.17, 15) is 9.59 Å². The van der Waals surface area contributed by atoms with Crippen molar-refractivity contribution in [2.75, 3.05) is 26.2 Å². The molecule has 0 aliphatic carbocycles. The van der Waals surface area contributed by atoms with E-state index in [1.54, 1.807) is 23.2 Å². The Balaban J connectivity index is 1.23. The number of benzene rings is 1. The van der Waals surface area contributed by atoms with Crippen LogP contribution in [0.25, 0.3) is 0 Å². The molecule has 2 aromatic rings. The van der Waals surface area contributed by atoms with Crippen molar-refractivity contribution in [3.63, 3.8) is 0 Å². The molecule has 2 amide bonds. The fourth-order valence-electron chi connectivity index (χ4n) is 3.91. The Bertz CT molecular complexity index is 832. The number of likely N-dealkylation sites (tertiary alicyclic amines) is 1. The van der Waals surface area contributed by atoms with Crippen molar-refractivity contribution in [1.82, 2.24) is 15.2 Å². The van der Waals surface area contributed by atoms with Gasteiger partial charge in [-0.25, -0.2) is 0 Å². The maximum Gasteiger partial charge on any atom is 0.272 e. The van der Waals surface area contributed by atoms with E-state index in [4.69, 9.17) is 4.74 Å². The number of piperidine rings is 1. The second-order valence-corrected chi connectivity index (χ2v) is 7.52. The van der Waals surface area contributed by atoms with E-state index in [0.29, 0.717) is 50.7 Å². The van der Waals surface area contributed by atoms with Gasteiger partial charge in [-0.2, -0.15) is 0 Å². The van der Waals surface area contributed by atoms with Gasteiger partial charge in [-0.15, -0.1) is 0 Å². The summed E-state index contributed by atoms with van der Waals surface area (Å²) in [5.41, 5.74) is 1.66. The predicted molar refractivity (Wildman–Crippen MR) is 105 cm³/mol. The third-order valence-electron chi connectivity index (χ3n) is 5.56. The highest BCUT2D eigenvalue weighted by molar-refractivity contribution is 5.92. The zero-order chi connectivity index (χ0) is 19.3. The quantitative estimate of drug-likeness (QED) is 0.885. The minimum atomic E-state index is -0.0579. The first kappa shape index (κ1) is 18.5. The van der Waals surface area contributed by atoms with Crippen LogP contribution in [0.4, 0.5) is 0 Å². The van der Waals surface area contributed by atoms with Gasteiger partial charge in [0.05, 0.1) is 6.61 Å². The number of amides is 2. The number of hydrogen-bond donors (Lipinski definition) is 1. The molecular weight excluding hydrogens is 354 g/mol. The Hall–Kier alpha value is -2.89. The molecule has 0 unspecified atom stereocenters. The smallest absolute Gasteiger partial charge is 0.272 e. The van der Waals surface area contributed by atoms with Crippen LogP contribution in [-0.2, 0) is 11.2 Å². The molecule has 4 rings (SSSR count). The summed E-state index contributed by atoms with van der Waals surface area (Å²) >= 11 is 0. The molecule has 0 bridgehead atoms. The summed E-state index contributed by atoms with van der Waals surface area (Å²) in [6.45, 7) is 2.44. The van der Waals surface area contributed by atoms with E-state index in [-0.39, 0.29) is 17.7 Å². The molecule has 146 valence electrons. The SMILES string of the molecule is O=C(NC[C@H]1COc2ccccc2C1)C1CCN(C(=O)c2ccccn2)CC1. The topological polar surface area (TPSA) is 71.5 Å². The molecule has 3 heterocycles. The lowest BCUT2D eigenvalue weighted by Crippen LogP contribution is -2.44. The van der Waals surface area contributed by atoms with E-state index in [1.807, 2.05) is 24.3 Å². The maximum atomic E-state index is 12.6. The largest absolute Gasteiger partial charge is 0.493 e. The van der Waals surface area contributed by atoms with Crippen LogP contribution in [0.1, 0.15) is 28.9 Å². The molecule has 6 nitrogen and oxygen atoms in total. The third kappa shape index (κ3) is 4.16. The van der Waals surface area contributed by atoms with E-state index in [1.165, 1.54) is 5.56 Å². The van der Waals surface area contributed by atoms with Gasteiger partial charge in [0.25, 0.3) is 5.91 Å². The molecule has 1 saturated heterocycles. The second-order valence-electron chi connectivity index (χ2n) is 7.52. The number of carbonyl (C=O) groups excluding carboxylic acids is 2. The van der Waals surface area contributed by atoms with E-state index < -0.39 is 0 Å². The van der Waals surface area contributed by atoms with Crippen LogP contribution in [-0.4, -0.2) is 47.9 Å². The highest BCUT2D eigenvalue weighted by atomic mass is 16.5. The second kappa shape index (κ2) is 8.42. The predicted octanol–water partition coefficient (Wildman–Crippen LogP) is 2.30. The summed E-state index contributed by atoms with van der Waals surface area (Å²) in [5.74, 6) is 1.24. The van der Waals surface area contributed by atoms with Crippen molar-refractivity contribution in [2.24, 2.45) is 11.8 Å². The molecule has 1 N–H and O–H groups in total. The van der Waals surface area contributed by atoms with Crippen molar-refractivity contribution in [2.45, 2.75) is 19.3 Å². The molecular formula is C22H25N3O3. The van der Waals surface area contributed by atoms with Crippen LogP contribution >= 0.6 is 0 Å². The van der Waals surface area contributed by atoms with Gasteiger partial charge in [0.15, 0.2) is 0 Å². The molecule has 1 aromatic heterocycles. The van der Waals surface area contributed by atoms with Crippen LogP contribution in [0.15, 0.2) is 48.7 Å². The van der Waals surface area contributed by atoms with Gasteiger partial charge in [-0.1, -0.05) is 24.3 Å². The molecule has 28 heavy (non-hydrogen) atoms. The number of para-hydroxylation sites is 1. The maximum absolute atomic E-state index is 12.6. The molecule has 0 saturated carbocycles. The Kier molecular flexibility index (Phi) is 5.55. The number of aromatic nitrogens is 1. The zero-order valence-electron chi connectivity index (χ0n) is 15.8. The number of pyridine rings is 1. The van der Waals surface area contributed by atoms with E-state index in [2.05, 4.69) is 16.4 Å². The Morgan fingerprint density at radius 2 is 1.89 bits per heavy atom. The summed E-state index contributed by atoms with van der Waals surface area (Å²) in [6.07, 6.45) is 3.93. The average molecular weight is 379 g/mol. The molecule has 2 aliphatic rings. The van der Waals surface area contributed by atoms with E-state index >= 15 is 0 Å². The highest BCUT2D eigenvalue weighted by Crippen LogP contribution is 2.26. The lowest BCUT2D eigenvalue weighted by atomic mass is 9.94. The molecule has 0 radical (unpaired) electrons. The molecule has 1 atom stereocenters. The minimum Gasteiger partial charge on any atom is -0.493 e. The summed E-state index contributed by atoms with van der Waals surface area (Å²) in [6, 6.07) is 13.4. The summed E-state index contributed by atoms with van der Waals surface area (Å²) in [4.78, 5) is 30.9. The van der Waals surface area contributed by atoms with Gasteiger partial charge in [-0.3, -0.25) is 14.6 Å². The van der Waals surface area contributed by atoms with Gasteiger partial charge in [0.2, 0.25) is 5.91 Å². The first-order valence-electron chi connectivity index (χ1n) is 9.89. The number of carbonyl (C=O) groups is 2. The highest BCUT2D eigenvalue weighted by Gasteiger charge is 2.29. The number of fused-ring (bicyclic) bond motifs is 1. The Morgan fingerprint density at radius 3 is 2.68 bits per heavy atom. The molecule has 0 spiro atoms. The first-order chi connectivity index (χ1) is 13.7. The van der Waals surface area contributed by atoms with Gasteiger partial charge >= 0.3 is 0 Å². The number of ether oxygens (including phenoxy) is 1. The van der Waals surface area contributed by atoms with Crippen molar-refractivity contribution >= 4 is 11.8 Å². The van der Waals surface area contributed by atoms with Gasteiger partial charge in [-0.05, 0) is 43.0 Å². The summed E-state index contributed by atoms with van der Waals surface area (Å²) in [7, 11) is 0. The Labute approximate surface area is 164 Å². The standard InChI is InChI=1S/C22H25N3O3/c26-21(24-14-16-13-18-5-1-2-7-20(18)28-15-16)17-8-11-25(12-9-17)22(27)19-6-3-4-10-23-19/h1-7,10,16-17H,8-9,11-15H2,(H,24,26)/t16-/m0/s1. The molecule has 6 heteroatoms. The minimum absolute atomic E-state index is 0.0374. The third-order valence-corrected chi connectivity index (χ3v) is 5.56. The molecule has 1 fully saturated rings. The fourth-order valence-corrected chi connectivity index (χ4v) is 3.91. The summed E-state index contributed by atoms with van der Waals surface area (Å²) in [5, 5.41) is 3.09. The van der Waals surface area contributed by atoms with Crippen molar-refractivity contribution in [3.05, 3.63) is 59.9 Å². The number of nitrogens with zero attached hydrogens (tertiary/aromatic N) is 2. The van der Waals surface area contributed by atoms with Gasteiger partial charge in [0, 0.05) is 37.7 Å². The zero-order valence-corrected chi connectivity index (χ0v) is 15.8. The lowest BCUT2D eigenvalue weighted by Gasteiger charge is -2.31. The number of rotatable bonds is 4. The monoisotopic (exact) mass is 379 g/mol. The van der Waals surface area contributed by atoms with Crippen LogP contribution < -0.4 is 10.1 Å². The van der Waals surface area contributed by atoms with Gasteiger partial charge in [0.1, 0.15) is 11.4 Å². The van der Waals surface area contributed by atoms with Crippen molar-refractivity contribution < 1.29 is 14.3 Å². The lowest BCUT2D eigenvalue weighted by molar-refractivity contribution is -0.126. The van der Waals surface area contributed by atoms with Crippen molar-refractivity contribution in [3.8, 4) is 5.75 Å². The normalized spacial score (nSPS) is 19.4. The van der Waals surface area contributed by atoms with Crippen LogP contribution in [0.5, 0.6) is 5.75 Å². The van der Waals surface area contributed by atoms with E-state index in [0.717, 1.165) is 12.2 Å². The first-order valence-corrected chi connectivity index (χ1v) is 9.89. The fraction of sp³-hybridized carbons (Fsp3) is 0.409.